The second-order valence-corrected chi connectivity index (χ2v) is 12.3. The van der Waals surface area contributed by atoms with Crippen molar-refractivity contribution in [3.05, 3.63) is 41.4 Å². The molecule has 0 radical (unpaired) electrons. The Morgan fingerprint density at radius 2 is 1.92 bits per heavy atom. The van der Waals surface area contributed by atoms with E-state index in [2.05, 4.69) is 24.5 Å². The van der Waals surface area contributed by atoms with E-state index in [1.807, 2.05) is 26.0 Å². The molecule has 0 unspecified atom stereocenters. The van der Waals surface area contributed by atoms with Crippen LogP contribution in [0.1, 0.15) is 53.4 Å². The second kappa shape index (κ2) is 11.2. The first-order valence-electron chi connectivity index (χ1n) is 14.3. The largest absolute Gasteiger partial charge is 0.379 e. The lowest BCUT2D eigenvalue weighted by atomic mass is 9.73. The van der Waals surface area contributed by atoms with E-state index in [0.717, 1.165) is 19.3 Å². The Bertz CT molecular complexity index is 1120. The first kappa shape index (κ1) is 28.1. The summed E-state index contributed by atoms with van der Waals surface area (Å²) >= 11 is 6.00. The fourth-order valence-electron chi connectivity index (χ4n) is 6.87. The highest BCUT2D eigenvalue weighted by Crippen LogP contribution is 2.55. The third kappa shape index (κ3) is 5.23. The van der Waals surface area contributed by atoms with Crippen LogP contribution < -0.4 is 10.6 Å². The van der Waals surface area contributed by atoms with Gasteiger partial charge in [0.25, 0.3) is 0 Å². The zero-order chi connectivity index (χ0) is 27.9. The van der Waals surface area contributed by atoms with Gasteiger partial charge in [-0.2, -0.15) is 0 Å². The summed E-state index contributed by atoms with van der Waals surface area (Å²) in [5.74, 6) is -1.37. The minimum Gasteiger partial charge on any atom is -0.379 e. The molecular formula is C30H40ClN3O5. The van der Waals surface area contributed by atoms with Gasteiger partial charge in [0.05, 0.1) is 24.0 Å². The number of fused-ring (bicyclic) bond motifs is 1. The lowest BCUT2D eigenvalue weighted by molar-refractivity contribution is -0.142. The molecule has 5 rings (SSSR count). The molecule has 212 valence electrons. The van der Waals surface area contributed by atoms with Gasteiger partial charge < -0.3 is 25.0 Å². The van der Waals surface area contributed by atoms with E-state index in [9.17, 15) is 14.4 Å². The first-order chi connectivity index (χ1) is 18.6. The van der Waals surface area contributed by atoms with Crippen molar-refractivity contribution in [2.24, 2.45) is 23.7 Å². The maximum Gasteiger partial charge on any atom is 0.246 e. The monoisotopic (exact) mass is 557 g/mol. The molecular weight excluding hydrogens is 518 g/mol. The number of hydrogen-bond acceptors (Lipinski definition) is 5. The topological polar surface area (TPSA) is 97.0 Å². The molecule has 0 aromatic heterocycles. The molecule has 2 saturated heterocycles. The standard InChI is InChI=1S/C30H40ClN3O5/c1-17(2)38-16-6-15-34-26(28(36)33-22-8-5-7-18(3)19(22)4)30-14-13-23(39-30)24(25(30)29(34)37)27(35)32-21-11-9-20(31)10-12-21/h9-14,17-19,22-26H,5-8,15-16H2,1-4H3,(H,32,35)(H,33,36)/t18-,19+,22-,23-,24-,25-,26+,30+/m1/s1. The number of anilines is 1. The summed E-state index contributed by atoms with van der Waals surface area (Å²) in [6.07, 6.45) is 6.93. The molecule has 3 amide bonds. The summed E-state index contributed by atoms with van der Waals surface area (Å²) in [5.41, 5.74) is -0.580. The average molecular weight is 558 g/mol. The van der Waals surface area contributed by atoms with Crippen LogP contribution in [0, 0.1) is 23.7 Å². The number of halogens is 1. The maximum absolute atomic E-state index is 14.0. The number of carbonyl (C=O) groups is 3. The van der Waals surface area contributed by atoms with Crippen molar-refractivity contribution in [2.45, 2.75) is 83.3 Å². The van der Waals surface area contributed by atoms with Crippen LogP contribution in [0.4, 0.5) is 5.69 Å². The van der Waals surface area contributed by atoms with Crippen LogP contribution in [-0.2, 0) is 23.9 Å². The van der Waals surface area contributed by atoms with Gasteiger partial charge in [0.15, 0.2) is 0 Å². The molecule has 2 N–H and O–H groups in total. The molecule has 8 nitrogen and oxygen atoms in total. The number of hydrogen-bond donors (Lipinski definition) is 2. The molecule has 1 aromatic rings. The van der Waals surface area contributed by atoms with Crippen molar-refractivity contribution < 1.29 is 23.9 Å². The summed E-state index contributed by atoms with van der Waals surface area (Å²) in [4.78, 5) is 43.2. The number of benzene rings is 1. The third-order valence-corrected chi connectivity index (χ3v) is 9.32. The average Bonchev–Trinajstić information content (AvgIpc) is 3.53. The van der Waals surface area contributed by atoms with Gasteiger partial charge in [-0.15, -0.1) is 0 Å². The van der Waals surface area contributed by atoms with Crippen LogP contribution in [0.5, 0.6) is 0 Å². The SMILES string of the molecule is CC(C)OCCCN1C(=O)[C@H]2[C@H](C(=O)Nc3ccc(Cl)cc3)[C@H]3C=C[C@@]2(O3)[C@@H]1C(=O)N[C@@H]1CCC[C@@H](C)[C@@H]1C. The molecule has 1 saturated carbocycles. The third-order valence-electron chi connectivity index (χ3n) is 9.07. The van der Waals surface area contributed by atoms with Crippen LogP contribution in [0.3, 0.4) is 0 Å². The van der Waals surface area contributed by atoms with E-state index in [1.165, 1.54) is 0 Å². The molecule has 3 aliphatic heterocycles. The highest BCUT2D eigenvalue weighted by molar-refractivity contribution is 6.30. The van der Waals surface area contributed by atoms with Gasteiger partial charge in [-0.05, 0) is 62.8 Å². The fourth-order valence-corrected chi connectivity index (χ4v) is 6.99. The van der Waals surface area contributed by atoms with Crippen molar-refractivity contribution in [1.29, 1.82) is 0 Å². The van der Waals surface area contributed by atoms with Crippen molar-refractivity contribution in [3.63, 3.8) is 0 Å². The fraction of sp³-hybridized carbons (Fsp3) is 0.633. The smallest absolute Gasteiger partial charge is 0.246 e. The molecule has 3 heterocycles. The quantitative estimate of drug-likeness (QED) is 0.351. The predicted octanol–water partition coefficient (Wildman–Crippen LogP) is 4.19. The van der Waals surface area contributed by atoms with Crippen molar-refractivity contribution >= 4 is 35.0 Å². The molecule has 3 fully saturated rings. The molecule has 4 aliphatic rings. The Morgan fingerprint density at radius 1 is 1.18 bits per heavy atom. The van der Waals surface area contributed by atoms with Gasteiger partial charge in [0.1, 0.15) is 11.6 Å². The molecule has 1 spiro atoms. The van der Waals surface area contributed by atoms with Crippen LogP contribution in [0.25, 0.3) is 0 Å². The molecule has 1 aliphatic carbocycles. The zero-order valence-electron chi connectivity index (χ0n) is 23.2. The van der Waals surface area contributed by atoms with Crippen molar-refractivity contribution in [2.75, 3.05) is 18.5 Å². The van der Waals surface area contributed by atoms with Crippen LogP contribution in [-0.4, -0.2) is 65.7 Å². The molecule has 9 heteroatoms. The van der Waals surface area contributed by atoms with Gasteiger partial charge in [0.2, 0.25) is 17.7 Å². The highest BCUT2D eigenvalue weighted by Gasteiger charge is 2.72. The number of nitrogens with zero attached hydrogens (tertiary/aromatic N) is 1. The molecule has 39 heavy (non-hydrogen) atoms. The summed E-state index contributed by atoms with van der Waals surface area (Å²) in [6, 6.07) is 6.05. The van der Waals surface area contributed by atoms with Gasteiger partial charge >= 0.3 is 0 Å². The van der Waals surface area contributed by atoms with E-state index in [-0.39, 0.29) is 29.9 Å². The number of nitrogens with one attached hydrogen (secondary N) is 2. The van der Waals surface area contributed by atoms with E-state index < -0.39 is 29.6 Å². The number of likely N-dealkylation sites (tertiary alicyclic amines) is 1. The van der Waals surface area contributed by atoms with Gasteiger partial charge in [-0.3, -0.25) is 14.4 Å². The summed E-state index contributed by atoms with van der Waals surface area (Å²) in [5, 5.41) is 6.78. The Kier molecular flexibility index (Phi) is 8.09. The normalized spacial score (nSPS) is 35.0. The minimum absolute atomic E-state index is 0.0458. The number of amides is 3. The van der Waals surface area contributed by atoms with E-state index >= 15 is 0 Å². The lowest BCUT2D eigenvalue weighted by Crippen LogP contribution is -2.58. The van der Waals surface area contributed by atoms with Crippen LogP contribution >= 0.6 is 11.6 Å². The van der Waals surface area contributed by atoms with Crippen LogP contribution in [0.2, 0.25) is 5.02 Å². The summed E-state index contributed by atoms with van der Waals surface area (Å²) < 4.78 is 12.2. The second-order valence-electron chi connectivity index (χ2n) is 11.9. The van der Waals surface area contributed by atoms with Gasteiger partial charge in [0, 0.05) is 29.9 Å². The van der Waals surface area contributed by atoms with Crippen LogP contribution in [0.15, 0.2) is 36.4 Å². The Labute approximate surface area is 235 Å². The predicted molar refractivity (Wildman–Crippen MR) is 149 cm³/mol. The van der Waals surface area contributed by atoms with E-state index in [4.69, 9.17) is 21.1 Å². The minimum atomic E-state index is -1.17. The van der Waals surface area contributed by atoms with E-state index in [0.29, 0.717) is 42.1 Å². The Hall–Kier alpha value is -2.42. The lowest BCUT2D eigenvalue weighted by Gasteiger charge is -2.38. The molecule has 8 atom stereocenters. The van der Waals surface area contributed by atoms with Gasteiger partial charge in [-0.1, -0.05) is 50.4 Å². The van der Waals surface area contributed by atoms with Crippen molar-refractivity contribution in [3.8, 4) is 0 Å². The van der Waals surface area contributed by atoms with Gasteiger partial charge in [-0.25, -0.2) is 0 Å². The number of ether oxygens (including phenoxy) is 2. The Balaban J connectivity index is 1.40. The first-order valence-corrected chi connectivity index (χ1v) is 14.7. The molecule has 1 aromatic carbocycles. The Morgan fingerprint density at radius 3 is 2.64 bits per heavy atom. The summed E-state index contributed by atoms with van der Waals surface area (Å²) in [7, 11) is 0. The molecule has 2 bridgehead atoms. The number of carbonyl (C=O) groups excluding carboxylic acids is 3. The maximum atomic E-state index is 14.0. The van der Waals surface area contributed by atoms with E-state index in [1.54, 1.807) is 29.2 Å². The summed E-state index contributed by atoms with van der Waals surface area (Å²) in [6.45, 7) is 9.18. The van der Waals surface area contributed by atoms with Crippen molar-refractivity contribution in [1.82, 2.24) is 10.2 Å². The highest BCUT2D eigenvalue weighted by atomic mass is 35.5. The zero-order valence-corrected chi connectivity index (χ0v) is 23.9. The number of rotatable bonds is 9.